The Hall–Kier alpha value is -3.27. The molecule has 106 valence electrons. The lowest BCUT2D eigenvalue weighted by Crippen LogP contribution is -2.13. The lowest BCUT2D eigenvalue weighted by molar-refractivity contribution is 0.0995. The lowest BCUT2D eigenvalue weighted by Gasteiger charge is -2.11. The molecule has 1 heterocycles. The van der Waals surface area contributed by atoms with Crippen LogP contribution >= 0.6 is 0 Å². The van der Waals surface area contributed by atoms with Crippen molar-refractivity contribution in [2.45, 2.75) is 0 Å². The monoisotopic (exact) mass is 284 g/mol. The summed E-state index contributed by atoms with van der Waals surface area (Å²) in [5.74, 6) is 0.0120. The number of amides is 1. The second kappa shape index (κ2) is 5.79. The molecule has 7 nitrogen and oxygen atoms in total. The highest BCUT2D eigenvalue weighted by atomic mass is 16.5. The average molecular weight is 284 g/mol. The van der Waals surface area contributed by atoms with Crippen LogP contribution in [0.15, 0.2) is 30.3 Å². The van der Waals surface area contributed by atoms with E-state index in [4.69, 9.17) is 26.2 Å². The number of nitrogen functional groups attached to an aromatic ring is 1. The first-order chi connectivity index (χ1) is 10.0. The van der Waals surface area contributed by atoms with E-state index in [-0.39, 0.29) is 17.3 Å². The van der Waals surface area contributed by atoms with E-state index >= 15 is 0 Å². The second-order valence-corrected chi connectivity index (χ2v) is 4.03. The van der Waals surface area contributed by atoms with Crippen molar-refractivity contribution in [2.75, 3.05) is 12.8 Å². The predicted octanol–water partition coefficient (Wildman–Crippen LogP) is 1.44. The number of anilines is 1. The SMILES string of the molecule is COc1cc(C#N)ccc1Oc1nc(C(N)=O)ccc1N. The largest absolute Gasteiger partial charge is 0.493 e. The first-order valence-corrected chi connectivity index (χ1v) is 5.87. The number of ether oxygens (including phenoxy) is 2. The molecule has 2 aromatic rings. The maximum absolute atomic E-state index is 11.1. The van der Waals surface area contributed by atoms with Crippen molar-refractivity contribution in [1.29, 1.82) is 5.26 Å². The van der Waals surface area contributed by atoms with Crippen LogP contribution in [0.4, 0.5) is 5.69 Å². The van der Waals surface area contributed by atoms with Crippen molar-refractivity contribution in [3.05, 3.63) is 41.6 Å². The van der Waals surface area contributed by atoms with E-state index in [1.807, 2.05) is 6.07 Å². The maximum atomic E-state index is 11.1. The van der Waals surface area contributed by atoms with E-state index in [2.05, 4.69) is 4.98 Å². The molecule has 1 aromatic heterocycles. The van der Waals surface area contributed by atoms with Gasteiger partial charge in [-0.2, -0.15) is 5.26 Å². The van der Waals surface area contributed by atoms with Gasteiger partial charge in [-0.15, -0.1) is 0 Å². The smallest absolute Gasteiger partial charge is 0.267 e. The Bertz CT molecular complexity index is 737. The Morgan fingerprint density at radius 2 is 2.05 bits per heavy atom. The minimum absolute atomic E-state index is 0.0341. The third kappa shape index (κ3) is 3.01. The van der Waals surface area contributed by atoms with Gasteiger partial charge in [-0.3, -0.25) is 4.79 Å². The van der Waals surface area contributed by atoms with E-state index < -0.39 is 5.91 Å². The Labute approximate surface area is 120 Å². The van der Waals surface area contributed by atoms with Crippen LogP contribution in [0.2, 0.25) is 0 Å². The Morgan fingerprint density at radius 1 is 1.29 bits per heavy atom. The highest BCUT2D eigenvalue weighted by molar-refractivity contribution is 5.91. The summed E-state index contributed by atoms with van der Waals surface area (Å²) < 4.78 is 10.7. The standard InChI is InChI=1S/C14H12N4O3/c1-20-12-6-8(7-15)2-5-11(12)21-14-9(16)3-4-10(18-14)13(17)19/h2-6H,16H2,1H3,(H2,17,19). The summed E-state index contributed by atoms with van der Waals surface area (Å²) in [7, 11) is 1.44. The summed E-state index contributed by atoms with van der Waals surface area (Å²) in [6.07, 6.45) is 0. The molecule has 0 atom stereocenters. The van der Waals surface area contributed by atoms with Gasteiger partial charge in [-0.05, 0) is 24.3 Å². The number of nitriles is 1. The predicted molar refractivity (Wildman–Crippen MR) is 75.0 cm³/mol. The number of carbonyl (C=O) groups excluding carboxylic acids is 1. The number of rotatable bonds is 4. The molecule has 21 heavy (non-hydrogen) atoms. The van der Waals surface area contributed by atoms with Crippen LogP contribution in [0, 0.1) is 11.3 Å². The number of hydrogen-bond donors (Lipinski definition) is 2. The zero-order chi connectivity index (χ0) is 15.4. The Morgan fingerprint density at radius 3 is 2.67 bits per heavy atom. The molecular formula is C14H12N4O3. The fourth-order valence-electron chi connectivity index (χ4n) is 1.60. The quantitative estimate of drug-likeness (QED) is 0.875. The number of primary amides is 1. The number of nitrogens with zero attached hydrogens (tertiary/aromatic N) is 2. The van der Waals surface area contributed by atoms with E-state index in [0.29, 0.717) is 17.1 Å². The normalized spacial score (nSPS) is 9.71. The van der Waals surface area contributed by atoms with E-state index in [0.717, 1.165) is 0 Å². The zero-order valence-corrected chi connectivity index (χ0v) is 11.2. The fourth-order valence-corrected chi connectivity index (χ4v) is 1.60. The van der Waals surface area contributed by atoms with Crippen molar-refractivity contribution < 1.29 is 14.3 Å². The van der Waals surface area contributed by atoms with Gasteiger partial charge in [0, 0.05) is 6.07 Å². The first-order valence-electron chi connectivity index (χ1n) is 5.87. The van der Waals surface area contributed by atoms with Gasteiger partial charge in [0.05, 0.1) is 24.4 Å². The van der Waals surface area contributed by atoms with Crippen molar-refractivity contribution in [1.82, 2.24) is 4.98 Å². The number of pyridine rings is 1. The summed E-state index contributed by atoms with van der Waals surface area (Å²) in [6.45, 7) is 0. The third-order valence-corrected chi connectivity index (χ3v) is 2.64. The van der Waals surface area contributed by atoms with Crippen molar-refractivity contribution in [3.8, 4) is 23.4 Å². The molecule has 0 spiro atoms. The second-order valence-electron chi connectivity index (χ2n) is 4.03. The molecule has 7 heteroatoms. The first kappa shape index (κ1) is 14.1. The minimum atomic E-state index is -0.688. The van der Waals surface area contributed by atoms with Gasteiger partial charge >= 0.3 is 0 Å². The number of carbonyl (C=O) groups is 1. The topological polar surface area (TPSA) is 124 Å². The van der Waals surface area contributed by atoms with Crippen LogP contribution < -0.4 is 20.9 Å². The molecule has 0 unspecified atom stereocenters. The van der Waals surface area contributed by atoms with E-state index in [1.165, 1.54) is 25.3 Å². The summed E-state index contributed by atoms with van der Waals surface area (Å²) in [6, 6.07) is 9.50. The van der Waals surface area contributed by atoms with Crippen LogP contribution in [0.25, 0.3) is 0 Å². The molecule has 0 aliphatic heterocycles. The molecule has 0 aliphatic rings. The molecule has 0 saturated carbocycles. The molecule has 1 aromatic carbocycles. The Balaban J connectivity index is 2.40. The summed E-state index contributed by atoms with van der Waals surface area (Å²) >= 11 is 0. The van der Waals surface area contributed by atoms with Gasteiger partial charge in [-0.25, -0.2) is 4.98 Å². The molecule has 2 rings (SSSR count). The van der Waals surface area contributed by atoms with Crippen LogP contribution in [0.1, 0.15) is 16.1 Å². The Kier molecular flexibility index (Phi) is 3.90. The van der Waals surface area contributed by atoms with Crippen LogP contribution in [0.3, 0.4) is 0 Å². The van der Waals surface area contributed by atoms with Crippen molar-refractivity contribution in [2.24, 2.45) is 5.73 Å². The van der Waals surface area contributed by atoms with E-state index in [1.54, 1.807) is 12.1 Å². The van der Waals surface area contributed by atoms with Gasteiger partial charge in [0.15, 0.2) is 11.5 Å². The third-order valence-electron chi connectivity index (χ3n) is 2.64. The molecule has 1 amide bonds. The van der Waals surface area contributed by atoms with Gasteiger partial charge in [0.25, 0.3) is 5.91 Å². The molecule has 0 bridgehead atoms. The fraction of sp³-hybridized carbons (Fsp3) is 0.0714. The highest BCUT2D eigenvalue weighted by Gasteiger charge is 2.12. The summed E-state index contributed by atoms with van der Waals surface area (Å²) in [4.78, 5) is 15.1. The van der Waals surface area contributed by atoms with Gasteiger partial charge in [0.2, 0.25) is 5.88 Å². The van der Waals surface area contributed by atoms with Crippen LogP contribution in [-0.2, 0) is 0 Å². The molecule has 0 fully saturated rings. The summed E-state index contributed by atoms with van der Waals surface area (Å²) in [5.41, 5.74) is 11.6. The van der Waals surface area contributed by atoms with Crippen molar-refractivity contribution in [3.63, 3.8) is 0 Å². The lowest BCUT2D eigenvalue weighted by atomic mass is 10.2. The average Bonchev–Trinajstić information content (AvgIpc) is 2.49. The zero-order valence-electron chi connectivity index (χ0n) is 11.2. The molecule has 0 saturated heterocycles. The number of hydrogen-bond acceptors (Lipinski definition) is 6. The molecule has 4 N–H and O–H groups in total. The number of methoxy groups -OCH3 is 1. The number of benzene rings is 1. The molecule has 0 aliphatic carbocycles. The van der Waals surface area contributed by atoms with Crippen LogP contribution in [-0.4, -0.2) is 18.0 Å². The van der Waals surface area contributed by atoms with Crippen molar-refractivity contribution >= 4 is 11.6 Å². The summed E-state index contributed by atoms with van der Waals surface area (Å²) in [5, 5.41) is 8.85. The van der Waals surface area contributed by atoms with Crippen LogP contribution in [0.5, 0.6) is 17.4 Å². The minimum Gasteiger partial charge on any atom is -0.493 e. The molecule has 0 radical (unpaired) electrons. The van der Waals surface area contributed by atoms with Gasteiger partial charge in [-0.1, -0.05) is 0 Å². The number of aromatic nitrogens is 1. The number of nitrogens with two attached hydrogens (primary N) is 2. The maximum Gasteiger partial charge on any atom is 0.267 e. The highest BCUT2D eigenvalue weighted by Crippen LogP contribution is 2.33. The molecular weight excluding hydrogens is 272 g/mol. The van der Waals surface area contributed by atoms with Gasteiger partial charge in [0.1, 0.15) is 5.69 Å². The van der Waals surface area contributed by atoms with E-state index in [9.17, 15) is 4.79 Å². The van der Waals surface area contributed by atoms with Gasteiger partial charge < -0.3 is 20.9 Å².